The van der Waals surface area contributed by atoms with Gasteiger partial charge in [-0.25, -0.2) is 0 Å². The molecule has 2 rings (SSSR count). The minimum Gasteiger partial charge on any atom is -0.461 e. The molecule has 128 valence electrons. The van der Waals surface area contributed by atoms with Gasteiger partial charge in [-0.1, -0.05) is 0 Å². The van der Waals surface area contributed by atoms with Crippen molar-refractivity contribution >= 4 is 11.5 Å². The van der Waals surface area contributed by atoms with Gasteiger partial charge in [-0.2, -0.15) is 0 Å². The fraction of sp³-hybridized carbons (Fsp3) is 0.267. The summed E-state index contributed by atoms with van der Waals surface area (Å²) in [6, 6.07) is 6.86. The van der Waals surface area contributed by atoms with Gasteiger partial charge in [0.1, 0.15) is 12.2 Å². The summed E-state index contributed by atoms with van der Waals surface area (Å²) in [4.78, 5) is 22.6. The van der Waals surface area contributed by atoms with Crippen LogP contribution < -0.4 is 0 Å². The first-order valence-corrected chi connectivity index (χ1v) is 6.85. The van der Waals surface area contributed by atoms with Crippen LogP contribution in [0.2, 0.25) is 0 Å². The Kier molecular flexibility index (Phi) is 5.10. The van der Waals surface area contributed by atoms with E-state index in [2.05, 4.69) is 0 Å². The molecule has 3 unspecified atom stereocenters. The molecule has 0 saturated carbocycles. The number of non-ortho nitro benzene ring substituents is 1. The zero-order valence-corrected chi connectivity index (χ0v) is 12.3. The number of hydrogen-bond donors (Lipinski definition) is 4. The van der Waals surface area contributed by atoms with E-state index < -0.39 is 35.1 Å². The molecule has 24 heavy (non-hydrogen) atoms. The molecule has 2 aromatic rings. The first-order valence-electron chi connectivity index (χ1n) is 6.85. The number of aliphatic hydroxyl groups is 4. The molecule has 0 aliphatic heterocycles. The number of rotatable bonds is 7. The van der Waals surface area contributed by atoms with E-state index in [4.69, 9.17) is 9.52 Å². The third kappa shape index (κ3) is 3.05. The van der Waals surface area contributed by atoms with Crippen LogP contribution in [0.3, 0.4) is 0 Å². The second-order valence-corrected chi connectivity index (χ2v) is 5.07. The fourth-order valence-electron chi connectivity index (χ4n) is 2.25. The number of nitro benzene ring substituents is 1. The zero-order valence-electron chi connectivity index (χ0n) is 12.3. The molecule has 9 nitrogen and oxygen atoms in total. The summed E-state index contributed by atoms with van der Waals surface area (Å²) in [6.07, 6.45) is -2.75. The lowest BCUT2D eigenvalue weighted by molar-refractivity contribution is -0.384. The van der Waals surface area contributed by atoms with Crippen LogP contribution in [0.4, 0.5) is 5.69 Å². The standard InChI is InChI=1S/C15H15NO8/c17-8-11(18)13(19)15(21,14(20)12-2-1-7-24-12)9-3-5-10(6-4-9)16(22)23/h1-7,11,13,17-19,21H,8H2. The average molecular weight is 337 g/mol. The Morgan fingerprint density at radius 2 is 1.88 bits per heavy atom. The summed E-state index contributed by atoms with van der Waals surface area (Å²) < 4.78 is 4.92. The first-order chi connectivity index (χ1) is 11.3. The molecule has 4 N–H and O–H groups in total. The van der Waals surface area contributed by atoms with Gasteiger partial charge in [0.25, 0.3) is 5.69 Å². The Morgan fingerprint density at radius 1 is 1.25 bits per heavy atom. The van der Waals surface area contributed by atoms with E-state index in [-0.39, 0.29) is 17.0 Å². The van der Waals surface area contributed by atoms with Crippen molar-refractivity contribution in [3.05, 3.63) is 64.1 Å². The summed E-state index contributed by atoms with van der Waals surface area (Å²) in [5, 5.41) is 50.4. The Labute approximate surface area is 135 Å². The number of nitrogens with zero attached hydrogens (tertiary/aromatic N) is 1. The molecule has 1 aromatic heterocycles. The van der Waals surface area contributed by atoms with Gasteiger partial charge in [0.15, 0.2) is 11.4 Å². The van der Waals surface area contributed by atoms with Crippen molar-refractivity contribution in [3.8, 4) is 0 Å². The SMILES string of the molecule is O=C(c1ccco1)C(O)(c1ccc([N+](=O)[O-])cc1)C(O)C(O)CO. The van der Waals surface area contributed by atoms with Gasteiger partial charge in [0, 0.05) is 12.1 Å². The molecule has 1 aromatic carbocycles. The van der Waals surface area contributed by atoms with Gasteiger partial charge in [-0.3, -0.25) is 14.9 Å². The van der Waals surface area contributed by atoms with Crippen LogP contribution in [0.15, 0.2) is 47.1 Å². The zero-order chi connectivity index (χ0) is 17.9. The number of carbonyl (C=O) groups is 1. The molecule has 0 aliphatic carbocycles. The average Bonchev–Trinajstić information content (AvgIpc) is 3.13. The van der Waals surface area contributed by atoms with Crippen molar-refractivity contribution < 1.29 is 34.6 Å². The molecule has 1 heterocycles. The quantitative estimate of drug-likeness (QED) is 0.312. The van der Waals surface area contributed by atoms with Crippen LogP contribution in [0.5, 0.6) is 0 Å². The highest BCUT2D eigenvalue weighted by atomic mass is 16.6. The second kappa shape index (κ2) is 6.89. The van der Waals surface area contributed by atoms with Crippen LogP contribution in [0, 0.1) is 10.1 Å². The Bertz CT molecular complexity index is 712. The van der Waals surface area contributed by atoms with Gasteiger partial charge in [-0.15, -0.1) is 0 Å². The third-order valence-corrected chi connectivity index (χ3v) is 3.59. The van der Waals surface area contributed by atoms with Crippen molar-refractivity contribution in [2.24, 2.45) is 0 Å². The van der Waals surface area contributed by atoms with Crippen LogP contribution in [-0.2, 0) is 5.60 Å². The van der Waals surface area contributed by atoms with Crippen molar-refractivity contribution in [1.29, 1.82) is 0 Å². The normalized spacial score (nSPS) is 16.2. The lowest BCUT2D eigenvalue weighted by Crippen LogP contribution is -2.53. The molecule has 0 bridgehead atoms. The number of ketones is 1. The lowest BCUT2D eigenvalue weighted by atomic mass is 9.81. The van der Waals surface area contributed by atoms with E-state index >= 15 is 0 Å². The highest BCUT2D eigenvalue weighted by molar-refractivity contribution is 6.01. The van der Waals surface area contributed by atoms with Gasteiger partial charge in [0.2, 0.25) is 5.78 Å². The van der Waals surface area contributed by atoms with Crippen LogP contribution in [0.25, 0.3) is 0 Å². The highest BCUT2D eigenvalue weighted by Gasteiger charge is 2.49. The van der Waals surface area contributed by atoms with Crippen molar-refractivity contribution in [3.63, 3.8) is 0 Å². The molecular formula is C15H15NO8. The summed E-state index contributed by atoms with van der Waals surface area (Å²) in [5.41, 5.74) is -3.16. The van der Waals surface area contributed by atoms with E-state index in [1.165, 1.54) is 18.4 Å². The smallest absolute Gasteiger partial charge is 0.269 e. The van der Waals surface area contributed by atoms with Crippen LogP contribution in [0.1, 0.15) is 16.1 Å². The van der Waals surface area contributed by atoms with E-state index in [9.17, 15) is 30.2 Å². The van der Waals surface area contributed by atoms with Gasteiger partial charge in [0.05, 0.1) is 17.8 Å². The minimum absolute atomic E-state index is 0.200. The maximum absolute atomic E-state index is 12.6. The molecule has 3 atom stereocenters. The molecule has 0 spiro atoms. The van der Waals surface area contributed by atoms with Crippen molar-refractivity contribution in [2.75, 3.05) is 6.61 Å². The maximum atomic E-state index is 12.6. The molecule has 0 amide bonds. The Morgan fingerprint density at radius 3 is 2.33 bits per heavy atom. The minimum atomic E-state index is -2.67. The van der Waals surface area contributed by atoms with E-state index in [1.807, 2.05) is 0 Å². The summed E-state index contributed by atoms with van der Waals surface area (Å²) >= 11 is 0. The molecule has 9 heteroatoms. The number of nitro groups is 1. The highest BCUT2D eigenvalue weighted by Crippen LogP contribution is 2.32. The van der Waals surface area contributed by atoms with Gasteiger partial charge >= 0.3 is 0 Å². The number of benzene rings is 1. The molecule has 0 aliphatic rings. The predicted octanol–water partition coefficient (Wildman–Crippen LogP) is -0.0276. The monoisotopic (exact) mass is 337 g/mol. The maximum Gasteiger partial charge on any atom is 0.269 e. The van der Waals surface area contributed by atoms with Crippen LogP contribution in [-0.4, -0.2) is 49.9 Å². The Balaban J connectivity index is 2.53. The van der Waals surface area contributed by atoms with Crippen molar-refractivity contribution in [2.45, 2.75) is 17.8 Å². The summed E-state index contributed by atoms with van der Waals surface area (Å²) in [7, 11) is 0. The number of carbonyl (C=O) groups excluding carboxylic acids is 1. The summed E-state index contributed by atoms with van der Waals surface area (Å²) in [5.74, 6) is -1.36. The van der Waals surface area contributed by atoms with Crippen LogP contribution >= 0.6 is 0 Å². The largest absolute Gasteiger partial charge is 0.461 e. The topological polar surface area (TPSA) is 154 Å². The van der Waals surface area contributed by atoms with Crippen molar-refractivity contribution in [1.82, 2.24) is 0 Å². The first kappa shape index (κ1) is 17.8. The molecule has 0 saturated heterocycles. The molecule has 0 fully saturated rings. The van der Waals surface area contributed by atoms with E-state index in [0.29, 0.717) is 0 Å². The number of hydrogen-bond acceptors (Lipinski definition) is 8. The third-order valence-electron chi connectivity index (χ3n) is 3.59. The number of aliphatic hydroxyl groups excluding tert-OH is 3. The van der Waals surface area contributed by atoms with E-state index in [0.717, 1.165) is 24.3 Å². The fourth-order valence-corrected chi connectivity index (χ4v) is 2.25. The molecule has 0 radical (unpaired) electrons. The molecular weight excluding hydrogens is 322 g/mol. The van der Waals surface area contributed by atoms with E-state index in [1.54, 1.807) is 0 Å². The number of Topliss-reactive ketones (excluding diaryl/α,β-unsaturated/α-hetero) is 1. The Hall–Kier alpha value is -2.59. The van der Waals surface area contributed by atoms with Gasteiger partial charge < -0.3 is 24.8 Å². The summed E-state index contributed by atoms with van der Waals surface area (Å²) in [6.45, 7) is -0.915. The second-order valence-electron chi connectivity index (χ2n) is 5.07. The predicted molar refractivity (Wildman–Crippen MR) is 79.1 cm³/mol. The van der Waals surface area contributed by atoms with Gasteiger partial charge in [-0.05, 0) is 29.8 Å². The lowest BCUT2D eigenvalue weighted by Gasteiger charge is -2.33. The number of furan rings is 1.